The summed E-state index contributed by atoms with van der Waals surface area (Å²) < 4.78 is 25.2. The smallest absolute Gasteiger partial charge is 0.257 e. The Labute approximate surface area is 301 Å². The molecule has 1 aliphatic rings. The van der Waals surface area contributed by atoms with Gasteiger partial charge in [-0.3, -0.25) is 14.4 Å². The van der Waals surface area contributed by atoms with Crippen LogP contribution in [0.1, 0.15) is 46.1 Å². The van der Waals surface area contributed by atoms with E-state index in [1.54, 1.807) is 56.4 Å². The maximum absolute atomic E-state index is 14.6. The highest BCUT2D eigenvalue weighted by molar-refractivity contribution is 6.32. The van der Waals surface area contributed by atoms with Crippen molar-refractivity contribution in [3.8, 4) is 11.5 Å². The molecular weight excluding hydrogens is 677 g/mol. The summed E-state index contributed by atoms with van der Waals surface area (Å²) in [5.74, 6) is -0.801. The Morgan fingerprint density at radius 1 is 1.10 bits per heavy atom. The Kier molecular flexibility index (Phi) is 11.7. The molecule has 0 radical (unpaired) electrons. The first-order valence-corrected chi connectivity index (χ1v) is 17.0. The van der Waals surface area contributed by atoms with Gasteiger partial charge in [0.25, 0.3) is 11.8 Å². The maximum atomic E-state index is 14.6. The fourth-order valence-corrected chi connectivity index (χ4v) is 5.94. The van der Waals surface area contributed by atoms with Crippen LogP contribution in [0.4, 0.5) is 21.6 Å². The number of carbonyl (C=O) groups is 3. The molecule has 2 heterocycles. The van der Waals surface area contributed by atoms with E-state index < -0.39 is 35.4 Å². The number of amides is 3. The Bertz CT molecular complexity index is 1910. The first-order chi connectivity index (χ1) is 24.3. The minimum Gasteiger partial charge on any atom is -0.494 e. The van der Waals surface area contributed by atoms with Crippen molar-refractivity contribution in [2.24, 2.45) is 5.41 Å². The molecule has 5 rings (SSSR count). The van der Waals surface area contributed by atoms with Crippen LogP contribution in [-0.4, -0.2) is 66.5 Å². The van der Waals surface area contributed by atoms with E-state index in [9.17, 15) is 18.8 Å². The van der Waals surface area contributed by atoms with Gasteiger partial charge in [-0.1, -0.05) is 44.5 Å². The van der Waals surface area contributed by atoms with Crippen LogP contribution in [0.3, 0.4) is 0 Å². The molecule has 0 bridgehead atoms. The lowest BCUT2D eigenvalue weighted by atomic mass is 9.85. The lowest BCUT2D eigenvalue weighted by molar-refractivity contribution is -0.134. The topological polar surface area (TPSA) is 147 Å². The van der Waals surface area contributed by atoms with Gasteiger partial charge in [-0.25, -0.2) is 19.3 Å². The van der Waals surface area contributed by atoms with Crippen LogP contribution in [0.5, 0.6) is 11.5 Å². The van der Waals surface area contributed by atoms with Gasteiger partial charge in [0.15, 0.2) is 0 Å². The van der Waals surface area contributed by atoms with Gasteiger partial charge >= 0.3 is 0 Å². The molecule has 3 aromatic carbocycles. The number of anilines is 3. The molecule has 270 valence electrons. The minimum atomic E-state index is -1.07. The minimum absolute atomic E-state index is 0.129. The highest BCUT2D eigenvalue weighted by Crippen LogP contribution is 2.38. The molecule has 1 aromatic heterocycles. The number of benzene rings is 3. The molecule has 1 aliphatic heterocycles. The van der Waals surface area contributed by atoms with Crippen molar-refractivity contribution in [2.75, 3.05) is 30.9 Å². The second kappa shape index (κ2) is 16.0. The predicted molar refractivity (Wildman–Crippen MR) is 195 cm³/mol. The van der Waals surface area contributed by atoms with E-state index in [4.69, 9.17) is 21.1 Å². The van der Waals surface area contributed by atoms with Crippen LogP contribution >= 0.6 is 11.6 Å². The molecule has 0 unspecified atom stereocenters. The predicted octanol–water partition coefficient (Wildman–Crippen LogP) is 5.50. The Morgan fingerprint density at radius 3 is 2.53 bits per heavy atom. The third-order valence-corrected chi connectivity index (χ3v) is 8.98. The Morgan fingerprint density at radius 2 is 1.88 bits per heavy atom. The van der Waals surface area contributed by atoms with Crippen LogP contribution in [0, 0.1) is 11.2 Å². The van der Waals surface area contributed by atoms with E-state index in [2.05, 4.69) is 31.2 Å². The number of likely N-dealkylation sites (N-methyl/N-ethyl adjacent to an activating group) is 1. The van der Waals surface area contributed by atoms with Gasteiger partial charge in [0.1, 0.15) is 42.1 Å². The molecule has 3 amide bonds. The van der Waals surface area contributed by atoms with Gasteiger partial charge in [-0.05, 0) is 80.7 Å². The average molecular weight is 720 g/mol. The van der Waals surface area contributed by atoms with Gasteiger partial charge in [0, 0.05) is 17.1 Å². The number of aromatic nitrogens is 2. The molecule has 1 fully saturated rings. The van der Waals surface area contributed by atoms with Gasteiger partial charge in [-0.15, -0.1) is 0 Å². The van der Waals surface area contributed by atoms with E-state index in [-0.39, 0.29) is 29.8 Å². The quantitative estimate of drug-likeness (QED) is 0.148. The number of ether oxygens (including phenoxy) is 2. The summed E-state index contributed by atoms with van der Waals surface area (Å²) in [6.45, 7) is 7.92. The van der Waals surface area contributed by atoms with Crippen LogP contribution in [-0.2, 0) is 21.0 Å². The summed E-state index contributed by atoms with van der Waals surface area (Å²) in [5, 5.41) is 13.0. The number of nitrogens with zero attached hydrogens (tertiary/aromatic N) is 3. The molecule has 3 atom stereocenters. The van der Waals surface area contributed by atoms with Crippen molar-refractivity contribution >= 4 is 57.4 Å². The summed E-state index contributed by atoms with van der Waals surface area (Å²) in [4.78, 5) is 52.0. The standard InChI is InChI=1S/C37H43ClFN7O5/c1-21(40-5)34(47)45-32(37(2,3)4)36(49)46(35(48)27-11-8-14-41-27)29-17-25-28(18-31(29)50-6)42-20-43-33(25)44-24-12-13-30(26(38)16-24)51-19-22-9-7-10-23(39)15-22/h7,9-10,12-13,15-18,20-21,27,32,40-41H,8,11,14,19H2,1-6H3,(H,45,47)(H,42,43,44)/t21-,27-,32+/m0/s1. The fourth-order valence-electron chi connectivity index (χ4n) is 5.70. The van der Waals surface area contributed by atoms with Crippen LogP contribution in [0.25, 0.3) is 10.9 Å². The van der Waals surface area contributed by atoms with Crippen molar-refractivity contribution in [2.45, 2.75) is 65.3 Å². The van der Waals surface area contributed by atoms with Crippen molar-refractivity contribution in [3.63, 3.8) is 0 Å². The van der Waals surface area contributed by atoms with E-state index in [1.165, 1.54) is 25.6 Å². The van der Waals surface area contributed by atoms with Gasteiger partial charge < -0.3 is 30.7 Å². The largest absolute Gasteiger partial charge is 0.494 e. The fraction of sp³-hybridized carbons (Fsp3) is 0.378. The number of halogens is 2. The summed E-state index contributed by atoms with van der Waals surface area (Å²) in [5.41, 5.74) is 1.12. The summed E-state index contributed by atoms with van der Waals surface area (Å²) >= 11 is 6.57. The first-order valence-electron chi connectivity index (χ1n) is 16.7. The summed E-state index contributed by atoms with van der Waals surface area (Å²) in [6, 6.07) is 12.2. The van der Waals surface area contributed by atoms with Crippen LogP contribution in [0.2, 0.25) is 5.02 Å². The maximum Gasteiger partial charge on any atom is 0.257 e. The molecule has 14 heteroatoms. The highest BCUT2D eigenvalue weighted by atomic mass is 35.5. The zero-order valence-corrected chi connectivity index (χ0v) is 30.2. The first kappa shape index (κ1) is 37.4. The van der Waals surface area contributed by atoms with Gasteiger partial charge in [0.05, 0.1) is 35.4 Å². The zero-order chi connectivity index (χ0) is 36.9. The molecule has 0 spiro atoms. The molecule has 0 saturated carbocycles. The van der Waals surface area contributed by atoms with E-state index in [1.807, 2.05) is 20.8 Å². The Balaban J connectivity index is 1.53. The normalized spacial score (nSPS) is 15.6. The number of imide groups is 1. The average Bonchev–Trinajstić information content (AvgIpc) is 3.65. The number of carbonyl (C=O) groups excluding carboxylic acids is 3. The number of fused-ring (bicyclic) bond motifs is 1. The second-order valence-corrected chi connectivity index (χ2v) is 13.8. The number of hydrogen-bond acceptors (Lipinski definition) is 10. The third-order valence-electron chi connectivity index (χ3n) is 8.68. The van der Waals surface area contributed by atoms with Crippen LogP contribution < -0.4 is 35.6 Å². The third kappa shape index (κ3) is 8.73. The molecular formula is C37H43ClFN7O5. The highest BCUT2D eigenvalue weighted by Gasteiger charge is 2.42. The van der Waals surface area contributed by atoms with E-state index in [0.717, 1.165) is 11.3 Å². The van der Waals surface area contributed by atoms with Gasteiger partial charge in [0.2, 0.25) is 5.91 Å². The van der Waals surface area contributed by atoms with Crippen LogP contribution in [0.15, 0.2) is 60.9 Å². The lowest BCUT2D eigenvalue weighted by Gasteiger charge is -2.36. The second-order valence-electron chi connectivity index (χ2n) is 13.4. The molecule has 4 N–H and O–H groups in total. The van der Waals surface area contributed by atoms with Crippen molar-refractivity contribution in [3.05, 3.63) is 77.3 Å². The number of rotatable bonds is 12. The number of nitrogens with one attached hydrogen (secondary N) is 4. The molecule has 12 nitrogen and oxygen atoms in total. The zero-order valence-electron chi connectivity index (χ0n) is 29.5. The van der Waals surface area contributed by atoms with Crippen molar-refractivity contribution in [1.29, 1.82) is 0 Å². The molecule has 4 aromatic rings. The Hall–Kier alpha value is -4.85. The summed E-state index contributed by atoms with van der Waals surface area (Å²) in [7, 11) is 3.10. The molecule has 0 aliphatic carbocycles. The monoisotopic (exact) mass is 719 g/mol. The molecule has 1 saturated heterocycles. The summed E-state index contributed by atoms with van der Waals surface area (Å²) in [6.07, 6.45) is 2.69. The van der Waals surface area contributed by atoms with Crippen molar-refractivity contribution < 1.29 is 28.2 Å². The van der Waals surface area contributed by atoms with E-state index in [0.29, 0.717) is 51.7 Å². The SMILES string of the molecule is CN[C@@H](C)C(=O)N[C@H](C(=O)N(C(=O)[C@@H]1CCCN1)c1cc2c(Nc3ccc(OCc4cccc(F)c4)c(Cl)c3)ncnc2cc1OC)C(C)(C)C. The number of hydrogen-bond donors (Lipinski definition) is 4. The lowest BCUT2D eigenvalue weighted by Crippen LogP contribution is -2.60. The van der Waals surface area contributed by atoms with Gasteiger partial charge in [-0.2, -0.15) is 0 Å². The molecule has 51 heavy (non-hydrogen) atoms. The van der Waals surface area contributed by atoms with E-state index >= 15 is 0 Å². The van der Waals surface area contributed by atoms with Crippen molar-refractivity contribution in [1.82, 2.24) is 25.9 Å². The number of methoxy groups -OCH3 is 1.